The highest BCUT2D eigenvalue weighted by Gasteiger charge is 2.22. The number of carbonyl (C=O) groups excluding carboxylic acids is 1. The Morgan fingerprint density at radius 3 is 2.63 bits per heavy atom. The number of thiophene rings is 1. The summed E-state index contributed by atoms with van der Waals surface area (Å²) in [6.07, 6.45) is 1.46. The van der Waals surface area contributed by atoms with E-state index in [1.54, 1.807) is 29.5 Å². The van der Waals surface area contributed by atoms with Gasteiger partial charge >= 0.3 is 0 Å². The minimum atomic E-state index is -0.179. The molecule has 0 aliphatic carbocycles. The SMILES string of the molecule is O=C(Cn1cnc2ccccc2c1=O)N1CCN(Cc2ccc(Cl)s2)CC1. The first kappa shape index (κ1) is 18.2. The van der Waals surface area contributed by atoms with E-state index in [2.05, 4.69) is 9.88 Å². The number of aromatic nitrogens is 2. The third kappa shape index (κ3) is 4.05. The lowest BCUT2D eigenvalue weighted by Crippen LogP contribution is -2.49. The summed E-state index contributed by atoms with van der Waals surface area (Å²) in [5.41, 5.74) is 0.468. The van der Waals surface area contributed by atoms with Gasteiger partial charge in [-0.15, -0.1) is 11.3 Å². The monoisotopic (exact) mass is 402 g/mol. The summed E-state index contributed by atoms with van der Waals surface area (Å²) in [6, 6.07) is 11.1. The van der Waals surface area contributed by atoms with E-state index >= 15 is 0 Å². The van der Waals surface area contributed by atoms with Gasteiger partial charge < -0.3 is 4.90 Å². The Morgan fingerprint density at radius 2 is 1.89 bits per heavy atom. The summed E-state index contributed by atoms with van der Waals surface area (Å²) in [7, 11) is 0. The van der Waals surface area contributed by atoms with E-state index in [4.69, 9.17) is 11.6 Å². The molecule has 0 spiro atoms. The summed E-state index contributed by atoms with van der Waals surface area (Å²) in [5, 5.41) is 0.534. The molecule has 0 unspecified atom stereocenters. The number of piperazine rings is 1. The number of hydrogen-bond acceptors (Lipinski definition) is 5. The van der Waals surface area contributed by atoms with Gasteiger partial charge in [-0.1, -0.05) is 23.7 Å². The van der Waals surface area contributed by atoms with Crippen molar-refractivity contribution in [3.05, 3.63) is 62.3 Å². The molecule has 0 atom stereocenters. The average Bonchev–Trinajstić information content (AvgIpc) is 3.09. The maximum absolute atomic E-state index is 12.6. The molecule has 0 N–H and O–H groups in total. The fraction of sp³-hybridized carbons (Fsp3) is 0.316. The Labute approximate surface area is 165 Å². The summed E-state index contributed by atoms with van der Waals surface area (Å²) in [6.45, 7) is 3.82. The van der Waals surface area contributed by atoms with Crippen molar-refractivity contribution in [3.63, 3.8) is 0 Å². The molecule has 6 nitrogen and oxygen atoms in total. The van der Waals surface area contributed by atoms with Crippen LogP contribution in [-0.2, 0) is 17.9 Å². The van der Waals surface area contributed by atoms with Crippen LogP contribution in [-0.4, -0.2) is 51.4 Å². The Bertz CT molecular complexity index is 1020. The second kappa shape index (κ2) is 7.80. The molecular formula is C19H19ClN4O2S. The normalized spacial score (nSPS) is 15.4. The van der Waals surface area contributed by atoms with Gasteiger partial charge in [-0.05, 0) is 24.3 Å². The van der Waals surface area contributed by atoms with E-state index in [0.29, 0.717) is 24.0 Å². The molecule has 1 aromatic carbocycles. The van der Waals surface area contributed by atoms with Gasteiger partial charge in [-0.25, -0.2) is 4.98 Å². The number of halogens is 1. The zero-order valence-electron chi connectivity index (χ0n) is 14.7. The summed E-state index contributed by atoms with van der Waals surface area (Å²) in [4.78, 5) is 34.8. The van der Waals surface area contributed by atoms with Crippen LogP contribution in [0.15, 0.2) is 47.5 Å². The van der Waals surface area contributed by atoms with Gasteiger partial charge in [0.2, 0.25) is 5.91 Å². The Kier molecular flexibility index (Phi) is 5.24. The number of rotatable bonds is 4. The Balaban J connectivity index is 1.37. The first-order chi connectivity index (χ1) is 13.1. The predicted octanol–water partition coefficient (Wildman–Crippen LogP) is 2.46. The molecule has 1 fully saturated rings. The molecule has 3 heterocycles. The Morgan fingerprint density at radius 1 is 1.11 bits per heavy atom. The third-order valence-corrected chi connectivity index (χ3v) is 5.99. The van der Waals surface area contributed by atoms with Gasteiger partial charge in [0.15, 0.2) is 0 Å². The van der Waals surface area contributed by atoms with E-state index in [9.17, 15) is 9.59 Å². The largest absolute Gasteiger partial charge is 0.339 e. The fourth-order valence-corrected chi connectivity index (χ4v) is 4.41. The van der Waals surface area contributed by atoms with Gasteiger partial charge in [-0.2, -0.15) is 0 Å². The van der Waals surface area contributed by atoms with E-state index in [-0.39, 0.29) is 18.0 Å². The van der Waals surface area contributed by atoms with Gasteiger partial charge in [-0.3, -0.25) is 19.1 Å². The van der Waals surface area contributed by atoms with Crippen molar-refractivity contribution >= 4 is 39.7 Å². The first-order valence-electron chi connectivity index (χ1n) is 8.79. The van der Waals surface area contributed by atoms with Crippen LogP contribution in [0.1, 0.15) is 4.88 Å². The third-order valence-electron chi connectivity index (χ3n) is 4.77. The zero-order valence-corrected chi connectivity index (χ0v) is 16.2. The maximum atomic E-state index is 12.6. The topological polar surface area (TPSA) is 58.4 Å². The molecule has 4 rings (SSSR count). The molecule has 1 saturated heterocycles. The van der Waals surface area contributed by atoms with Crippen molar-refractivity contribution in [2.24, 2.45) is 0 Å². The molecular weight excluding hydrogens is 384 g/mol. The van der Waals surface area contributed by atoms with Gasteiger partial charge in [0.1, 0.15) is 6.54 Å². The lowest BCUT2D eigenvalue weighted by Gasteiger charge is -2.34. The van der Waals surface area contributed by atoms with E-state index < -0.39 is 0 Å². The van der Waals surface area contributed by atoms with E-state index in [1.807, 2.05) is 23.1 Å². The molecule has 2 aromatic heterocycles. The molecule has 1 aliphatic heterocycles. The highest BCUT2D eigenvalue weighted by atomic mass is 35.5. The molecule has 1 amide bonds. The molecule has 8 heteroatoms. The number of hydrogen-bond donors (Lipinski definition) is 0. The molecule has 1 aliphatic rings. The number of para-hydroxylation sites is 1. The average molecular weight is 403 g/mol. The number of nitrogens with zero attached hydrogens (tertiary/aromatic N) is 4. The minimum Gasteiger partial charge on any atom is -0.339 e. The van der Waals surface area contributed by atoms with Crippen LogP contribution in [0.5, 0.6) is 0 Å². The summed E-state index contributed by atoms with van der Waals surface area (Å²) < 4.78 is 2.19. The number of fused-ring (bicyclic) bond motifs is 1. The highest BCUT2D eigenvalue weighted by molar-refractivity contribution is 7.16. The second-order valence-electron chi connectivity index (χ2n) is 6.56. The van der Waals surface area contributed by atoms with Crippen LogP contribution < -0.4 is 5.56 Å². The minimum absolute atomic E-state index is 0.0250. The van der Waals surface area contributed by atoms with Crippen LogP contribution >= 0.6 is 22.9 Å². The van der Waals surface area contributed by atoms with Crippen molar-refractivity contribution in [2.45, 2.75) is 13.1 Å². The Hall–Kier alpha value is -2.22. The molecule has 140 valence electrons. The van der Waals surface area contributed by atoms with Gasteiger partial charge in [0.05, 0.1) is 21.6 Å². The van der Waals surface area contributed by atoms with Gasteiger partial charge in [0.25, 0.3) is 5.56 Å². The molecule has 0 bridgehead atoms. The number of carbonyl (C=O) groups is 1. The summed E-state index contributed by atoms with van der Waals surface area (Å²) >= 11 is 7.57. The predicted molar refractivity (Wildman–Crippen MR) is 107 cm³/mol. The van der Waals surface area contributed by atoms with E-state index in [1.165, 1.54) is 15.8 Å². The highest BCUT2D eigenvalue weighted by Crippen LogP contribution is 2.23. The lowest BCUT2D eigenvalue weighted by molar-refractivity contribution is -0.133. The van der Waals surface area contributed by atoms with Crippen molar-refractivity contribution < 1.29 is 4.79 Å². The number of amides is 1. The zero-order chi connectivity index (χ0) is 18.8. The van der Waals surface area contributed by atoms with Crippen LogP contribution in [0, 0.1) is 0 Å². The van der Waals surface area contributed by atoms with Crippen LogP contribution in [0.3, 0.4) is 0 Å². The number of benzene rings is 1. The van der Waals surface area contributed by atoms with Crippen LogP contribution in [0.4, 0.5) is 0 Å². The lowest BCUT2D eigenvalue weighted by atomic mass is 10.2. The summed E-state index contributed by atoms with van der Waals surface area (Å²) in [5.74, 6) is -0.0481. The smallest absolute Gasteiger partial charge is 0.261 e. The van der Waals surface area contributed by atoms with E-state index in [0.717, 1.165) is 24.0 Å². The molecule has 27 heavy (non-hydrogen) atoms. The van der Waals surface area contributed by atoms with Crippen LogP contribution in [0.2, 0.25) is 4.34 Å². The molecule has 0 radical (unpaired) electrons. The van der Waals surface area contributed by atoms with Crippen molar-refractivity contribution in [2.75, 3.05) is 26.2 Å². The molecule has 3 aromatic rings. The van der Waals surface area contributed by atoms with Crippen molar-refractivity contribution in [1.29, 1.82) is 0 Å². The quantitative estimate of drug-likeness (QED) is 0.672. The first-order valence-corrected chi connectivity index (χ1v) is 9.98. The maximum Gasteiger partial charge on any atom is 0.261 e. The van der Waals surface area contributed by atoms with Crippen molar-refractivity contribution in [1.82, 2.24) is 19.4 Å². The molecule has 0 saturated carbocycles. The van der Waals surface area contributed by atoms with Gasteiger partial charge in [0, 0.05) is 37.6 Å². The van der Waals surface area contributed by atoms with Crippen molar-refractivity contribution in [3.8, 4) is 0 Å². The second-order valence-corrected chi connectivity index (χ2v) is 8.36. The fourth-order valence-electron chi connectivity index (χ4n) is 3.28. The van der Waals surface area contributed by atoms with Crippen LogP contribution in [0.25, 0.3) is 10.9 Å². The standard InChI is InChI=1S/C19H19ClN4O2S/c20-17-6-5-14(27-17)11-22-7-9-23(10-8-22)18(25)12-24-13-21-16-4-2-1-3-15(16)19(24)26/h1-6,13H,7-12H2.